The van der Waals surface area contributed by atoms with Gasteiger partial charge in [-0.05, 0) is 33.1 Å². The van der Waals surface area contributed by atoms with E-state index in [-0.39, 0.29) is 12.2 Å². The number of carbonyl (C=O) groups is 1. The highest BCUT2D eigenvalue weighted by Gasteiger charge is 2.22. The average Bonchev–Trinajstić information content (AvgIpc) is 2.38. The summed E-state index contributed by atoms with van der Waals surface area (Å²) in [6.07, 6.45) is 1.65. The van der Waals surface area contributed by atoms with Crippen molar-refractivity contribution in [3.8, 4) is 0 Å². The van der Waals surface area contributed by atoms with E-state index in [0.717, 1.165) is 19.3 Å². The van der Waals surface area contributed by atoms with E-state index >= 15 is 0 Å². The highest BCUT2D eigenvalue weighted by molar-refractivity contribution is 5.57. The topological polar surface area (TPSA) is 65.0 Å². The summed E-state index contributed by atoms with van der Waals surface area (Å²) in [5.74, 6) is 0. The molecule has 0 heterocycles. The van der Waals surface area contributed by atoms with Crippen molar-refractivity contribution in [1.82, 2.24) is 0 Å². The van der Waals surface area contributed by atoms with Gasteiger partial charge < -0.3 is 19.3 Å². The van der Waals surface area contributed by atoms with Crippen molar-refractivity contribution in [3.05, 3.63) is 0 Å². The SMILES string of the molecule is CCCCC(OC(=O)O)C(C)OCC(CC)OCC. The summed E-state index contributed by atoms with van der Waals surface area (Å²) < 4.78 is 16.1. The van der Waals surface area contributed by atoms with Crippen LogP contribution >= 0.6 is 0 Å². The van der Waals surface area contributed by atoms with Crippen molar-refractivity contribution in [2.45, 2.75) is 71.7 Å². The van der Waals surface area contributed by atoms with Crippen LogP contribution < -0.4 is 0 Å². The summed E-state index contributed by atoms with van der Waals surface area (Å²) in [6, 6.07) is 0. The van der Waals surface area contributed by atoms with E-state index in [4.69, 9.17) is 19.3 Å². The zero-order valence-corrected chi connectivity index (χ0v) is 12.6. The molecule has 0 aromatic carbocycles. The minimum atomic E-state index is -1.24. The van der Waals surface area contributed by atoms with E-state index in [1.165, 1.54) is 0 Å². The van der Waals surface area contributed by atoms with E-state index in [0.29, 0.717) is 19.6 Å². The van der Waals surface area contributed by atoms with Gasteiger partial charge in [-0.3, -0.25) is 0 Å². The quantitative estimate of drug-likeness (QED) is 0.585. The summed E-state index contributed by atoms with van der Waals surface area (Å²) in [7, 11) is 0. The van der Waals surface area contributed by atoms with Crippen LogP contribution in [0.3, 0.4) is 0 Å². The molecule has 0 bridgehead atoms. The fourth-order valence-electron chi connectivity index (χ4n) is 1.81. The Kier molecular flexibility index (Phi) is 10.6. The molecule has 0 saturated carbocycles. The van der Waals surface area contributed by atoms with E-state index in [1.54, 1.807) is 0 Å². The van der Waals surface area contributed by atoms with Gasteiger partial charge in [0, 0.05) is 6.61 Å². The Balaban J connectivity index is 4.20. The van der Waals surface area contributed by atoms with Crippen LogP contribution in [0.1, 0.15) is 53.4 Å². The van der Waals surface area contributed by atoms with Gasteiger partial charge in [0.25, 0.3) is 0 Å². The lowest BCUT2D eigenvalue weighted by atomic mass is 10.1. The molecule has 0 aliphatic heterocycles. The van der Waals surface area contributed by atoms with Crippen molar-refractivity contribution < 1.29 is 24.1 Å². The summed E-state index contributed by atoms with van der Waals surface area (Å²) >= 11 is 0. The Morgan fingerprint density at radius 2 is 1.89 bits per heavy atom. The third-order valence-corrected chi connectivity index (χ3v) is 3.02. The van der Waals surface area contributed by atoms with E-state index < -0.39 is 12.3 Å². The summed E-state index contributed by atoms with van der Waals surface area (Å²) in [5, 5.41) is 8.74. The molecule has 3 atom stereocenters. The molecular formula is C14H28O5. The molecule has 0 aliphatic rings. The smallest absolute Gasteiger partial charge is 0.450 e. The van der Waals surface area contributed by atoms with Crippen LogP contribution in [-0.2, 0) is 14.2 Å². The van der Waals surface area contributed by atoms with Gasteiger partial charge >= 0.3 is 6.16 Å². The van der Waals surface area contributed by atoms with Crippen LogP contribution in [0.25, 0.3) is 0 Å². The van der Waals surface area contributed by atoms with Gasteiger partial charge in [0.15, 0.2) is 0 Å². The average molecular weight is 276 g/mol. The highest BCUT2D eigenvalue weighted by atomic mass is 16.7. The molecule has 0 fully saturated rings. The predicted molar refractivity (Wildman–Crippen MR) is 73.5 cm³/mol. The lowest BCUT2D eigenvalue weighted by molar-refractivity contribution is -0.0853. The first kappa shape index (κ1) is 18.2. The van der Waals surface area contributed by atoms with Crippen molar-refractivity contribution in [2.24, 2.45) is 0 Å². The Labute approximate surface area is 116 Å². The highest BCUT2D eigenvalue weighted by Crippen LogP contribution is 2.13. The zero-order valence-electron chi connectivity index (χ0n) is 12.6. The molecule has 0 saturated heterocycles. The molecule has 5 nitrogen and oxygen atoms in total. The third-order valence-electron chi connectivity index (χ3n) is 3.02. The maximum atomic E-state index is 10.7. The van der Waals surface area contributed by atoms with E-state index in [2.05, 4.69) is 6.92 Å². The largest absolute Gasteiger partial charge is 0.506 e. The van der Waals surface area contributed by atoms with Gasteiger partial charge in [0.2, 0.25) is 0 Å². The van der Waals surface area contributed by atoms with Crippen LogP contribution in [0.5, 0.6) is 0 Å². The molecule has 5 heteroatoms. The Morgan fingerprint density at radius 3 is 2.37 bits per heavy atom. The first-order chi connectivity index (χ1) is 9.04. The Morgan fingerprint density at radius 1 is 1.21 bits per heavy atom. The second-order valence-electron chi connectivity index (χ2n) is 4.59. The number of unbranched alkanes of at least 4 members (excludes halogenated alkanes) is 1. The maximum absolute atomic E-state index is 10.7. The number of rotatable bonds is 11. The van der Waals surface area contributed by atoms with Crippen LogP contribution in [-0.4, -0.2) is 42.8 Å². The first-order valence-corrected chi connectivity index (χ1v) is 7.17. The van der Waals surface area contributed by atoms with Gasteiger partial charge in [0.1, 0.15) is 6.10 Å². The molecule has 0 radical (unpaired) electrons. The van der Waals surface area contributed by atoms with Crippen molar-refractivity contribution >= 4 is 6.16 Å². The molecule has 19 heavy (non-hydrogen) atoms. The van der Waals surface area contributed by atoms with Gasteiger partial charge in [-0.2, -0.15) is 0 Å². The fourth-order valence-corrected chi connectivity index (χ4v) is 1.81. The molecule has 0 aliphatic carbocycles. The number of ether oxygens (including phenoxy) is 3. The number of carboxylic acid groups (broad SMARTS) is 1. The summed E-state index contributed by atoms with van der Waals surface area (Å²) in [4.78, 5) is 10.7. The van der Waals surface area contributed by atoms with Crippen molar-refractivity contribution in [3.63, 3.8) is 0 Å². The lowest BCUT2D eigenvalue weighted by Crippen LogP contribution is -2.33. The van der Waals surface area contributed by atoms with Crippen LogP contribution in [0.4, 0.5) is 4.79 Å². The molecule has 0 rings (SSSR count). The van der Waals surface area contributed by atoms with Crippen molar-refractivity contribution in [2.75, 3.05) is 13.2 Å². The van der Waals surface area contributed by atoms with Gasteiger partial charge in [0.05, 0.1) is 18.8 Å². The standard InChI is InChI=1S/C14H28O5/c1-5-8-9-13(19-14(15)16)11(4)18-10-12(6-2)17-7-3/h11-13H,5-10H2,1-4H3,(H,15,16). The van der Waals surface area contributed by atoms with Gasteiger partial charge in [-0.1, -0.05) is 20.3 Å². The minimum absolute atomic E-state index is 0.0594. The second kappa shape index (κ2) is 11.1. The summed E-state index contributed by atoms with van der Waals surface area (Å²) in [5.41, 5.74) is 0. The lowest BCUT2D eigenvalue weighted by Gasteiger charge is -2.25. The molecule has 114 valence electrons. The van der Waals surface area contributed by atoms with E-state index in [9.17, 15) is 4.79 Å². The second-order valence-corrected chi connectivity index (χ2v) is 4.59. The van der Waals surface area contributed by atoms with Gasteiger partial charge in [-0.15, -0.1) is 0 Å². The predicted octanol–water partition coefficient (Wildman–Crippen LogP) is 3.46. The van der Waals surface area contributed by atoms with Gasteiger partial charge in [-0.25, -0.2) is 4.79 Å². The molecule has 1 N–H and O–H groups in total. The van der Waals surface area contributed by atoms with Crippen molar-refractivity contribution in [1.29, 1.82) is 0 Å². The minimum Gasteiger partial charge on any atom is -0.450 e. The molecule has 0 aromatic heterocycles. The zero-order chi connectivity index (χ0) is 14.7. The van der Waals surface area contributed by atoms with Crippen LogP contribution in [0.2, 0.25) is 0 Å². The Bertz CT molecular complexity index is 232. The normalized spacial score (nSPS) is 15.8. The molecular weight excluding hydrogens is 248 g/mol. The summed E-state index contributed by atoms with van der Waals surface area (Å²) in [6.45, 7) is 9.02. The van der Waals surface area contributed by atoms with Crippen LogP contribution in [0.15, 0.2) is 0 Å². The van der Waals surface area contributed by atoms with Crippen LogP contribution in [0, 0.1) is 0 Å². The first-order valence-electron chi connectivity index (χ1n) is 7.17. The molecule has 0 amide bonds. The third kappa shape index (κ3) is 8.83. The molecule has 3 unspecified atom stereocenters. The van der Waals surface area contributed by atoms with E-state index in [1.807, 2.05) is 20.8 Å². The Hall–Kier alpha value is -0.810. The monoisotopic (exact) mass is 276 g/mol. The molecule has 0 spiro atoms. The number of hydrogen-bond donors (Lipinski definition) is 1. The fraction of sp³-hybridized carbons (Fsp3) is 0.929. The molecule has 0 aromatic rings. The number of hydrogen-bond acceptors (Lipinski definition) is 4. The maximum Gasteiger partial charge on any atom is 0.506 e.